The Hall–Kier alpha value is -1.62. The van der Waals surface area contributed by atoms with Gasteiger partial charge in [-0.1, -0.05) is 20.3 Å². The summed E-state index contributed by atoms with van der Waals surface area (Å²) in [6.07, 6.45) is 3.64. The van der Waals surface area contributed by atoms with Crippen LogP contribution in [-0.2, 0) is 11.2 Å². The fourth-order valence-corrected chi connectivity index (χ4v) is 1.85. The van der Waals surface area contributed by atoms with Crippen LogP contribution < -0.4 is 11.1 Å². The van der Waals surface area contributed by atoms with Gasteiger partial charge in [-0.25, -0.2) is 4.98 Å². The normalized spacial score (nSPS) is 10.5. The second kappa shape index (κ2) is 9.31. The van der Waals surface area contributed by atoms with E-state index in [1.165, 1.54) is 0 Å². The number of ether oxygens (including phenoxy) is 1. The van der Waals surface area contributed by atoms with Gasteiger partial charge in [0.05, 0.1) is 0 Å². The highest BCUT2D eigenvalue weighted by atomic mass is 16.5. The highest BCUT2D eigenvalue weighted by Crippen LogP contribution is 2.09. The van der Waals surface area contributed by atoms with E-state index in [1.807, 2.05) is 6.07 Å². The lowest BCUT2D eigenvalue weighted by Crippen LogP contribution is -2.25. The molecule has 0 fully saturated rings. The molecule has 0 spiro atoms. The molecule has 0 radical (unpaired) electrons. The minimum absolute atomic E-state index is 0.105. The number of rotatable bonds is 9. The molecule has 112 valence electrons. The number of hydrogen-bond donors (Lipinski definition) is 2. The van der Waals surface area contributed by atoms with E-state index in [2.05, 4.69) is 24.1 Å². The van der Waals surface area contributed by atoms with Crippen LogP contribution in [0, 0.1) is 0 Å². The van der Waals surface area contributed by atoms with Crippen molar-refractivity contribution < 1.29 is 9.53 Å². The van der Waals surface area contributed by atoms with Crippen LogP contribution in [0.5, 0.6) is 0 Å². The largest absolute Gasteiger partial charge is 0.384 e. The third-order valence-corrected chi connectivity index (χ3v) is 2.77. The first kappa shape index (κ1) is 16.4. The first-order valence-electron chi connectivity index (χ1n) is 7.29. The minimum atomic E-state index is -0.105. The molecule has 5 heteroatoms. The number of carbonyl (C=O) groups is 1. The lowest BCUT2D eigenvalue weighted by molar-refractivity contribution is 0.0941. The van der Waals surface area contributed by atoms with Crippen LogP contribution in [0.4, 0.5) is 5.82 Å². The molecule has 0 saturated heterocycles. The van der Waals surface area contributed by atoms with Crippen LogP contribution in [0.15, 0.2) is 12.1 Å². The zero-order valence-corrected chi connectivity index (χ0v) is 12.4. The number of aromatic nitrogens is 1. The summed E-state index contributed by atoms with van der Waals surface area (Å²) < 4.78 is 5.36. The third-order valence-electron chi connectivity index (χ3n) is 2.77. The second-order valence-corrected chi connectivity index (χ2v) is 4.74. The summed E-state index contributed by atoms with van der Waals surface area (Å²) in [7, 11) is 0. The maximum atomic E-state index is 12.0. The van der Waals surface area contributed by atoms with Gasteiger partial charge < -0.3 is 15.8 Å². The zero-order valence-electron chi connectivity index (χ0n) is 12.4. The molecule has 1 amide bonds. The lowest BCUT2D eigenvalue weighted by atomic mass is 10.1. The number of nitrogens with two attached hydrogens (primary N) is 1. The first-order chi connectivity index (χ1) is 9.67. The Morgan fingerprint density at radius 2 is 2.10 bits per heavy atom. The van der Waals surface area contributed by atoms with E-state index >= 15 is 0 Å². The van der Waals surface area contributed by atoms with Crippen molar-refractivity contribution in [2.75, 3.05) is 25.5 Å². The molecule has 1 aromatic rings. The third kappa shape index (κ3) is 6.02. The second-order valence-electron chi connectivity index (χ2n) is 4.74. The summed E-state index contributed by atoms with van der Waals surface area (Å²) in [6.45, 7) is 6.20. The molecule has 0 unspecified atom stereocenters. The number of pyridine rings is 1. The van der Waals surface area contributed by atoms with Gasteiger partial charge in [-0.2, -0.15) is 0 Å². The zero-order chi connectivity index (χ0) is 14.8. The molecule has 0 aliphatic heterocycles. The van der Waals surface area contributed by atoms with Crippen molar-refractivity contribution >= 4 is 11.7 Å². The van der Waals surface area contributed by atoms with Gasteiger partial charge in [-0.3, -0.25) is 4.79 Å². The number of hydrogen-bond acceptors (Lipinski definition) is 4. The van der Waals surface area contributed by atoms with Crippen molar-refractivity contribution in [2.24, 2.45) is 0 Å². The van der Waals surface area contributed by atoms with Gasteiger partial charge in [0.25, 0.3) is 5.91 Å². The Kier molecular flexibility index (Phi) is 7.65. The highest BCUT2D eigenvalue weighted by Gasteiger charge is 2.08. The van der Waals surface area contributed by atoms with E-state index in [4.69, 9.17) is 10.5 Å². The van der Waals surface area contributed by atoms with Crippen LogP contribution in [0.2, 0.25) is 0 Å². The number of aryl methyl sites for hydroxylation is 1. The molecule has 0 atom stereocenters. The average Bonchev–Trinajstić information content (AvgIpc) is 2.42. The molecule has 0 aliphatic rings. The Balaban J connectivity index is 2.42. The van der Waals surface area contributed by atoms with E-state index in [0.29, 0.717) is 24.5 Å². The summed E-state index contributed by atoms with van der Waals surface area (Å²) in [4.78, 5) is 16.2. The summed E-state index contributed by atoms with van der Waals surface area (Å²) >= 11 is 0. The van der Waals surface area contributed by atoms with E-state index < -0.39 is 0 Å². The van der Waals surface area contributed by atoms with Gasteiger partial charge in [0.1, 0.15) is 5.82 Å². The Morgan fingerprint density at radius 1 is 1.30 bits per heavy atom. The van der Waals surface area contributed by atoms with E-state index in [9.17, 15) is 4.79 Å². The van der Waals surface area contributed by atoms with Crippen molar-refractivity contribution in [1.29, 1.82) is 0 Å². The fourth-order valence-electron chi connectivity index (χ4n) is 1.85. The number of amides is 1. The summed E-state index contributed by atoms with van der Waals surface area (Å²) in [5.41, 5.74) is 7.17. The van der Waals surface area contributed by atoms with Crippen molar-refractivity contribution in [2.45, 2.75) is 39.5 Å². The van der Waals surface area contributed by atoms with Crippen molar-refractivity contribution in [3.63, 3.8) is 0 Å². The van der Waals surface area contributed by atoms with Gasteiger partial charge in [0, 0.05) is 31.0 Å². The maximum absolute atomic E-state index is 12.0. The van der Waals surface area contributed by atoms with Gasteiger partial charge in [0.2, 0.25) is 0 Å². The molecule has 1 aromatic heterocycles. The summed E-state index contributed by atoms with van der Waals surface area (Å²) in [6, 6.07) is 3.42. The Labute approximate surface area is 120 Å². The van der Waals surface area contributed by atoms with E-state index in [0.717, 1.165) is 38.0 Å². The number of anilines is 1. The number of carbonyl (C=O) groups excluding carboxylic acids is 1. The number of nitrogens with zero attached hydrogens (tertiary/aromatic N) is 1. The maximum Gasteiger partial charge on any atom is 0.251 e. The molecule has 0 aliphatic carbocycles. The molecule has 3 N–H and O–H groups in total. The van der Waals surface area contributed by atoms with Crippen LogP contribution in [-0.4, -0.2) is 30.6 Å². The predicted octanol–water partition coefficient (Wildman–Crippen LogP) is 2.16. The molecule has 0 aromatic carbocycles. The standard InChI is InChI=1S/C15H25N3O2/c1-3-6-13-10-12(11-14(16)18-13)15(19)17-7-5-9-20-8-4-2/h10-11H,3-9H2,1-2H3,(H2,16,18)(H,17,19). The SMILES string of the molecule is CCCOCCCNC(=O)c1cc(N)nc(CCC)c1. The topological polar surface area (TPSA) is 77.2 Å². The predicted molar refractivity (Wildman–Crippen MR) is 80.7 cm³/mol. The Morgan fingerprint density at radius 3 is 2.80 bits per heavy atom. The van der Waals surface area contributed by atoms with Crippen LogP contribution in [0.3, 0.4) is 0 Å². The van der Waals surface area contributed by atoms with Crippen molar-refractivity contribution in [3.8, 4) is 0 Å². The van der Waals surface area contributed by atoms with E-state index in [-0.39, 0.29) is 5.91 Å². The number of nitrogens with one attached hydrogen (secondary N) is 1. The van der Waals surface area contributed by atoms with Crippen LogP contribution in [0.25, 0.3) is 0 Å². The van der Waals surface area contributed by atoms with Gasteiger partial charge in [-0.05, 0) is 31.4 Å². The molecule has 0 saturated carbocycles. The highest BCUT2D eigenvalue weighted by molar-refractivity contribution is 5.94. The number of nitrogen functional groups attached to an aromatic ring is 1. The van der Waals surface area contributed by atoms with Crippen molar-refractivity contribution in [1.82, 2.24) is 10.3 Å². The van der Waals surface area contributed by atoms with Gasteiger partial charge in [-0.15, -0.1) is 0 Å². The smallest absolute Gasteiger partial charge is 0.251 e. The molecular formula is C15H25N3O2. The Bertz CT molecular complexity index is 422. The molecule has 0 bridgehead atoms. The summed E-state index contributed by atoms with van der Waals surface area (Å²) in [5, 5.41) is 2.87. The fraction of sp³-hybridized carbons (Fsp3) is 0.600. The lowest BCUT2D eigenvalue weighted by Gasteiger charge is -2.08. The minimum Gasteiger partial charge on any atom is -0.384 e. The molecule has 20 heavy (non-hydrogen) atoms. The van der Waals surface area contributed by atoms with Crippen LogP contribution in [0.1, 0.15) is 49.2 Å². The van der Waals surface area contributed by atoms with Crippen LogP contribution >= 0.6 is 0 Å². The molecular weight excluding hydrogens is 254 g/mol. The van der Waals surface area contributed by atoms with Crippen molar-refractivity contribution in [3.05, 3.63) is 23.4 Å². The van der Waals surface area contributed by atoms with Gasteiger partial charge >= 0.3 is 0 Å². The molecule has 5 nitrogen and oxygen atoms in total. The quantitative estimate of drug-likeness (QED) is 0.679. The summed E-state index contributed by atoms with van der Waals surface area (Å²) in [5.74, 6) is 0.291. The first-order valence-corrected chi connectivity index (χ1v) is 7.29. The van der Waals surface area contributed by atoms with E-state index in [1.54, 1.807) is 6.07 Å². The average molecular weight is 279 g/mol. The van der Waals surface area contributed by atoms with Gasteiger partial charge in [0.15, 0.2) is 0 Å². The molecule has 1 rings (SSSR count). The monoisotopic (exact) mass is 279 g/mol. The molecule has 1 heterocycles.